The highest BCUT2D eigenvalue weighted by molar-refractivity contribution is 4.82. The van der Waals surface area contributed by atoms with Gasteiger partial charge in [-0.2, -0.15) is 0 Å². The van der Waals surface area contributed by atoms with Gasteiger partial charge in [-0.25, -0.2) is 0 Å². The molecule has 0 aromatic heterocycles. The van der Waals surface area contributed by atoms with Crippen molar-refractivity contribution in [2.24, 2.45) is 23.2 Å². The average Bonchev–Trinajstić information content (AvgIpc) is 2.36. The predicted octanol–water partition coefficient (Wildman–Crippen LogP) is 4.97. The number of morpholine rings is 1. The molecule has 1 aliphatic carbocycles. The summed E-state index contributed by atoms with van der Waals surface area (Å²) in [7, 11) is 0. The Morgan fingerprint density at radius 1 is 1.00 bits per heavy atom. The van der Waals surface area contributed by atoms with E-state index in [9.17, 15) is 0 Å². The smallest absolute Gasteiger partial charge is 0.0678 e. The van der Waals surface area contributed by atoms with Crippen molar-refractivity contribution in [2.45, 2.75) is 85.9 Å². The molecule has 1 saturated heterocycles. The molecule has 0 N–H and O–H groups in total. The van der Waals surface area contributed by atoms with E-state index >= 15 is 0 Å². The summed E-state index contributed by atoms with van der Waals surface area (Å²) in [5, 5.41) is 0. The highest BCUT2D eigenvalue weighted by atomic mass is 16.5. The van der Waals surface area contributed by atoms with Crippen molar-refractivity contribution in [1.29, 1.82) is 0 Å². The zero-order valence-corrected chi connectivity index (χ0v) is 15.9. The lowest BCUT2D eigenvalue weighted by molar-refractivity contribution is -0.0716. The zero-order chi connectivity index (χ0) is 16.3. The molecule has 130 valence electrons. The maximum Gasteiger partial charge on any atom is 0.0678 e. The highest BCUT2D eigenvalue weighted by Gasteiger charge is 2.30. The van der Waals surface area contributed by atoms with Crippen molar-refractivity contribution in [3.05, 3.63) is 0 Å². The first-order valence-corrected chi connectivity index (χ1v) is 9.62. The summed E-state index contributed by atoms with van der Waals surface area (Å²) in [4.78, 5) is 2.63. The van der Waals surface area contributed by atoms with E-state index in [-0.39, 0.29) is 0 Å². The molecule has 2 fully saturated rings. The van der Waals surface area contributed by atoms with Crippen LogP contribution in [0.4, 0.5) is 0 Å². The van der Waals surface area contributed by atoms with Crippen LogP contribution in [0.3, 0.4) is 0 Å². The summed E-state index contributed by atoms with van der Waals surface area (Å²) >= 11 is 0. The van der Waals surface area contributed by atoms with Crippen molar-refractivity contribution < 1.29 is 4.74 Å². The summed E-state index contributed by atoms with van der Waals surface area (Å²) in [5.41, 5.74) is 0.511. The molecule has 2 rings (SSSR count). The minimum absolute atomic E-state index is 0.401. The molecule has 0 aromatic carbocycles. The monoisotopic (exact) mass is 309 g/mol. The summed E-state index contributed by atoms with van der Waals surface area (Å²) in [6.07, 6.45) is 8.05. The van der Waals surface area contributed by atoms with Crippen LogP contribution in [0.5, 0.6) is 0 Å². The van der Waals surface area contributed by atoms with Gasteiger partial charge in [-0.05, 0) is 56.3 Å². The molecule has 2 aliphatic rings. The number of hydrogen-bond donors (Lipinski definition) is 0. The van der Waals surface area contributed by atoms with Crippen LogP contribution in [0.1, 0.15) is 73.6 Å². The molecular formula is C20H39NO. The number of ether oxygens (including phenoxy) is 1. The number of rotatable bonds is 4. The molecule has 0 bridgehead atoms. The first-order valence-electron chi connectivity index (χ1n) is 9.62. The molecule has 1 unspecified atom stereocenters. The van der Waals surface area contributed by atoms with E-state index in [0.29, 0.717) is 17.6 Å². The van der Waals surface area contributed by atoms with Crippen LogP contribution in [-0.2, 0) is 4.74 Å². The Bertz CT molecular complexity index is 317. The molecule has 3 atom stereocenters. The van der Waals surface area contributed by atoms with Crippen molar-refractivity contribution in [2.75, 3.05) is 19.6 Å². The number of hydrogen-bond acceptors (Lipinski definition) is 2. The molecule has 1 heterocycles. The maximum atomic E-state index is 5.85. The van der Waals surface area contributed by atoms with Crippen molar-refractivity contribution in [3.8, 4) is 0 Å². The van der Waals surface area contributed by atoms with Crippen LogP contribution in [0, 0.1) is 23.2 Å². The Hall–Kier alpha value is -0.0800. The summed E-state index contributed by atoms with van der Waals surface area (Å²) in [6, 6.07) is 0. The normalized spacial score (nSPS) is 36.3. The molecule has 0 aromatic rings. The fraction of sp³-hybridized carbons (Fsp3) is 1.00. The van der Waals surface area contributed by atoms with E-state index in [1.807, 2.05) is 0 Å². The standard InChI is InChI=1S/C20H39NO/c1-15(12-21-13-16(2)22-17(3)14-21)11-18-7-9-19(10-8-18)20(4,5)6/h15-19H,7-14H2,1-6H3/t15?,16-,17+,18?,19?. The van der Waals surface area contributed by atoms with Gasteiger partial charge in [-0.15, -0.1) is 0 Å². The molecule has 0 amide bonds. The van der Waals surface area contributed by atoms with Crippen molar-refractivity contribution in [3.63, 3.8) is 0 Å². The van der Waals surface area contributed by atoms with Gasteiger partial charge in [0.2, 0.25) is 0 Å². The van der Waals surface area contributed by atoms with E-state index in [0.717, 1.165) is 30.8 Å². The van der Waals surface area contributed by atoms with E-state index < -0.39 is 0 Å². The van der Waals surface area contributed by atoms with Crippen LogP contribution < -0.4 is 0 Å². The molecule has 1 saturated carbocycles. The molecule has 0 spiro atoms. The van der Waals surface area contributed by atoms with Crippen molar-refractivity contribution >= 4 is 0 Å². The zero-order valence-electron chi connectivity index (χ0n) is 15.9. The van der Waals surface area contributed by atoms with Gasteiger partial charge in [0.15, 0.2) is 0 Å². The van der Waals surface area contributed by atoms with Crippen LogP contribution in [-0.4, -0.2) is 36.7 Å². The second-order valence-corrected chi connectivity index (χ2v) is 9.40. The fourth-order valence-electron chi connectivity index (χ4n) is 4.78. The van der Waals surface area contributed by atoms with Crippen LogP contribution in [0.25, 0.3) is 0 Å². The van der Waals surface area contributed by atoms with Crippen LogP contribution >= 0.6 is 0 Å². The predicted molar refractivity (Wildman–Crippen MR) is 95.1 cm³/mol. The largest absolute Gasteiger partial charge is 0.373 e. The minimum Gasteiger partial charge on any atom is -0.373 e. The first-order chi connectivity index (χ1) is 10.2. The maximum absolute atomic E-state index is 5.85. The van der Waals surface area contributed by atoms with Gasteiger partial charge < -0.3 is 4.74 Å². The van der Waals surface area contributed by atoms with Gasteiger partial charge in [-0.3, -0.25) is 4.90 Å². The van der Waals surface area contributed by atoms with E-state index in [4.69, 9.17) is 4.74 Å². The fourth-order valence-corrected chi connectivity index (χ4v) is 4.78. The molecular weight excluding hydrogens is 270 g/mol. The van der Waals surface area contributed by atoms with E-state index in [1.54, 1.807) is 0 Å². The third-order valence-corrected chi connectivity index (χ3v) is 5.87. The molecule has 2 heteroatoms. The Morgan fingerprint density at radius 2 is 1.55 bits per heavy atom. The highest BCUT2D eigenvalue weighted by Crippen LogP contribution is 2.41. The SMILES string of the molecule is CC(CC1CCC(C(C)(C)C)CC1)CN1C[C@@H](C)O[C@@H](C)C1. The summed E-state index contributed by atoms with van der Waals surface area (Å²) < 4.78 is 5.85. The summed E-state index contributed by atoms with van der Waals surface area (Å²) in [6.45, 7) is 17.6. The molecule has 22 heavy (non-hydrogen) atoms. The van der Waals surface area contributed by atoms with Crippen LogP contribution in [0.2, 0.25) is 0 Å². The van der Waals surface area contributed by atoms with Gasteiger partial charge in [-0.1, -0.05) is 40.5 Å². The minimum atomic E-state index is 0.401. The second-order valence-electron chi connectivity index (χ2n) is 9.40. The number of nitrogens with zero attached hydrogens (tertiary/aromatic N) is 1. The molecule has 1 aliphatic heterocycles. The van der Waals surface area contributed by atoms with Crippen LogP contribution in [0.15, 0.2) is 0 Å². The Morgan fingerprint density at radius 3 is 2.05 bits per heavy atom. The Balaban J connectivity index is 1.71. The quantitative estimate of drug-likeness (QED) is 0.726. The van der Waals surface area contributed by atoms with Crippen molar-refractivity contribution in [1.82, 2.24) is 4.90 Å². The Kier molecular flexibility index (Phi) is 6.36. The van der Waals surface area contributed by atoms with Gasteiger partial charge >= 0.3 is 0 Å². The first kappa shape index (κ1) is 18.3. The average molecular weight is 310 g/mol. The van der Waals surface area contributed by atoms with E-state index in [1.165, 1.54) is 38.6 Å². The lowest BCUT2D eigenvalue weighted by atomic mass is 9.68. The van der Waals surface area contributed by atoms with Gasteiger partial charge in [0.1, 0.15) is 0 Å². The van der Waals surface area contributed by atoms with Gasteiger partial charge in [0.25, 0.3) is 0 Å². The topological polar surface area (TPSA) is 12.5 Å². The lowest BCUT2D eigenvalue weighted by Gasteiger charge is -2.39. The Labute approximate surface area is 139 Å². The van der Waals surface area contributed by atoms with Gasteiger partial charge in [0, 0.05) is 19.6 Å². The lowest BCUT2D eigenvalue weighted by Crippen LogP contribution is -2.47. The van der Waals surface area contributed by atoms with E-state index in [2.05, 4.69) is 46.4 Å². The molecule has 2 nitrogen and oxygen atoms in total. The molecule has 0 radical (unpaired) electrons. The second kappa shape index (κ2) is 7.66. The third kappa shape index (κ3) is 5.53. The third-order valence-electron chi connectivity index (χ3n) is 5.87. The van der Waals surface area contributed by atoms with Gasteiger partial charge in [0.05, 0.1) is 12.2 Å². The summed E-state index contributed by atoms with van der Waals surface area (Å²) in [5.74, 6) is 2.75.